The van der Waals surface area contributed by atoms with E-state index in [1.807, 2.05) is 34.6 Å². The summed E-state index contributed by atoms with van der Waals surface area (Å²) in [6, 6.07) is 0. The number of hydrogen-bond acceptors (Lipinski definition) is 0. The van der Waals surface area contributed by atoms with Crippen LogP contribution in [0, 0.1) is 0 Å². The fourth-order valence-electron chi connectivity index (χ4n) is 0.523. The van der Waals surface area contributed by atoms with Crippen LogP contribution in [0.1, 0.15) is 54.9 Å². The molecule has 0 bridgehead atoms. The summed E-state index contributed by atoms with van der Waals surface area (Å²) in [5.74, 6) is 0. The van der Waals surface area contributed by atoms with Crippen molar-refractivity contribution in [3.63, 3.8) is 0 Å². The zero-order valence-corrected chi connectivity index (χ0v) is 9.99. The lowest BCUT2D eigenvalue weighted by Gasteiger charge is -1.91. The van der Waals surface area contributed by atoms with Gasteiger partial charge in [-0.1, -0.05) is 58.4 Å². The summed E-state index contributed by atoms with van der Waals surface area (Å²) >= 11 is 0. The maximum atomic E-state index is 3.77. The third-order valence-electron chi connectivity index (χ3n) is 1.05. The minimum atomic E-state index is 1.13. The van der Waals surface area contributed by atoms with Gasteiger partial charge in [0.1, 0.15) is 0 Å². The highest BCUT2D eigenvalue weighted by atomic mass is 13.9. The van der Waals surface area contributed by atoms with Crippen molar-refractivity contribution in [3.05, 3.63) is 23.8 Å². The van der Waals surface area contributed by atoms with E-state index < -0.39 is 0 Å². The molecule has 0 unspecified atom stereocenters. The minimum Gasteiger partial charge on any atom is -0.0961 e. The molecule has 0 atom stereocenters. The molecule has 0 aromatic heterocycles. The van der Waals surface area contributed by atoms with Gasteiger partial charge in [-0.3, -0.25) is 0 Å². The SMILES string of the molecule is C=C(C)/C=C(/C)CC.CC.CC. The Morgan fingerprint density at radius 1 is 1.08 bits per heavy atom. The largest absolute Gasteiger partial charge is 0.0961 e. The van der Waals surface area contributed by atoms with Crippen molar-refractivity contribution < 1.29 is 0 Å². The quantitative estimate of drug-likeness (QED) is 0.513. The lowest BCUT2D eigenvalue weighted by Crippen LogP contribution is -1.70. The highest BCUT2D eigenvalue weighted by Crippen LogP contribution is 2.01. The first-order valence-corrected chi connectivity index (χ1v) is 4.99. The van der Waals surface area contributed by atoms with Gasteiger partial charge in [0.2, 0.25) is 0 Å². The van der Waals surface area contributed by atoms with Gasteiger partial charge in [0.05, 0.1) is 0 Å². The first kappa shape index (κ1) is 17.5. The van der Waals surface area contributed by atoms with Gasteiger partial charge in [-0.2, -0.15) is 0 Å². The van der Waals surface area contributed by atoms with Gasteiger partial charge in [0.15, 0.2) is 0 Å². The molecule has 0 nitrogen and oxygen atoms in total. The van der Waals surface area contributed by atoms with E-state index in [1.54, 1.807) is 0 Å². The summed E-state index contributed by atoms with van der Waals surface area (Å²) in [4.78, 5) is 0. The highest BCUT2D eigenvalue weighted by molar-refractivity contribution is 5.16. The van der Waals surface area contributed by atoms with Crippen LogP contribution in [0.5, 0.6) is 0 Å². The summed E-state index contributed by atoms with van der Waals surface area (Å²) in [6.45, 7) is 18.0. The van der Waals surface area contributed by atoms with Gasteiger partial charge in [-0.05, 0) is 20.3 Å². The molecule has 0 amide bonds. The molecule has 12 heavy (non-hydrogen) atoms. The van der Waals surface area contributed by atoms with Gasteiger partial charge in [-0.15, -0.1) is 0 Å². The molecular weight excluding hydrogens is 144 g/mol. The Hall–Kier alpha value is -0.520. The summed E-state index contributed by atoms with van der Waals surface area (Å²) in [5.41, 5.74) is 2.54. The second-order valence-electron chi connectivity index (χ2n) is 2.19. The molecular formula is C12H26. The van der Waals surface area contributed by atoms with Crippen molar-refractivity contribution in [2.24, 2.45) is 0 Å². The molecule has 0 saturated heterocycles. The van der Waals surface area contributed by atoms with E-state index in [2.05, 4.69) is 26.5 Å². The topological polar surface area (TPSA) is 0 Å². The van der Waals surface area contributed by atoms with E-state index >= 15 is 0 Å². The molecule has 74 valence electrons. The summed E-state index contributed by atoms with van der Waals surface area (Å²) in [7, 11) is 0. The smallest absolute Gasteiger partial charge is 0.0348 e. The van der Waals surface area contributed by atoms with E-state index in [0.29, 0.717) is 0 Å². The molecule has 0 N–H and O–H groups in total. The minimum absolute atomic E-state index is 1.13. The van der Waals surface area contributed by atoms with Crippen LogP contribution in [0.2, 0.25) is 0 Å². The number of hydrogen-bond donors (Lipinski definition) is 0. The average Bonchev–Trinajstić information content (AvgIpc) is 2.10. The van der Waals surface area contributed by atoms with Gasteiger partial charge >= 0.3 is 0 Å². The van der Waals surface area contributed by atoms with E-state index in [1.165, 1.54) is 5.57 Å². The van der Waals surface area contributed by atoms with Crippen LogP contribution in [0.15, 0.2) is 23.8 Å². The number of allylic oxidation sites excluding steroid dienone is 3. The van der Waals surface area contributed by atoms with Crippen LogP contribution in [0.3, 0.4) is 0 Å². The summed E-state index contributed by atoms with van der Waals surface area (Å²) < 4.78 is 0. The van der Waals surface area contributed by atoms with Crippen molar-refractivity contribution in [2.45, 2.75) is 54.9 Å². The van der Waals surface area contributed by atoms with E-state index in [4.69, 9.17) is 0 Å². The Labute approximate surface area is 79.4 Å². The Kier molecular flexibility index (Phi) is 24.6. The Balaban J connectivity index is -0.000000175. The Morgan fingerprint density at radius 2 is 1.42 bits per heavy atom. The maximum absolute atomic E-state index is 3.77. The van der Waals surface area contributed by atoms with Crippen molar-refractivity contribution in [1.82, 2.24) is 0 Å². The van der Waals surface area contributed by atoms with Gasteiger partial charge in [0, 0.05) is 0 Å². The zero-order valence-electron chi connectivity index (χ0n) is 9.99. The predicted molar refractivity (Wildman–Crippen MR) is 61.6 cm³/mol. The lowest BCUT2D eigenvalue weighted by molar-refractivity contribution is 1.09. The van der Waals surface area contributed by atoms with E-state index in [-0.39, 0.29) is 0 Å². The third kappa shape index (κ3) is 22.7. The summed E-state index contributed by atoms with van der Waals surface area (Å²) in [5, 5.41) is 0. The molecule has 0 aliphatic carbocycles. The normalized spacial score (nSPS) is 8.75. The van der Waals surface area contributed by atoms with Crippen LogP contribution in [-0.2, 0) is 0 Å². The van der Waals surface area contributed by atoms with E-state index in [0.717, 1.165) is 12.0 Å². The van der Waals surface area contributed by atoms with Crippen molar-refractivity contribution in [2.75, 3.05) is 0 Å². The van der Waals surface area contributed by atoms with Crippen LogP contribution < -0.4 is 0 Å². The third-order valence-corrected chi connectivity index (χ3v) is 1.05. The average molecular weight is 170 g/mol. The molecule has 0 heteroatoms. The molecule has 0 spiro atoms. The first-order valence-electron chi connectivity index (χ1n) is 4.99. The van der Waals surface area contributed by atoms with Crippen LogP contribution >= 0.6 is 0 Å². The molecule has 0 rings (SSSR count). The molecule has 0 aromatic rings. The molecule has 0 radical (unpaired) electrons. The van der Waals surface area contributed by atoms with Gasteiger partial charge in [0.25, 0.3) is 0 Å². The lowest BCUT2D eigenvalue weighted by atomic mass is 10.2. The van der Waals surface area contributed by atoms with Crippen LogP contribution in [0.25, 0.3) is 0 Å². The summed E-state index contributed by atoms with van der Waals surface area (Å²) in [6.07, 6.45) is 3.24. The van der Waals surface area contributed by atoms with Crippen LogP contribution in [-0.4, -0.2) is 0 Å². The fourth-order valence-corrected chi connectivity index (χ4v) is 0.523. The predicted octanol–water partition coefficient (Wildman–Crippen LogP) is 4.97. The molecule has 0 aliphatic heterocycles. The first-order chi connectivity index (χ1) is 5.66. The van der Waals surface area contributed by atoms with Crippen molar-refractivity contribution in [1.29, 1.82) is 0 Å². The van der Waals surface area contributed by atoms with E-state index in [9.17, 15) is 0 Å². The highest BCUT2D eigenvalue weighted by Gasteiger charge is 1.80. The fraction of sp³-hybridized carbons (Fsp3) is 0.667. The van der Waals surface area contributed by atoms with Crippen molar-refractivity contribution in [3.8, 4) is 0 Å². The zero-order chi connectivity index (χ0) is 10.6. The number of rotatable bonds is 2. The van der Waals surface area contributed by atoms with Gasteiger partial charge in [-0.25, -0.2) is 0 Å². The molecule has 0 heterocycles. The Bertz CT molecular complexity index is 107. The standard InChI is InChI=1S/C8H14.2C2H6/c1-5-8(4)6-7(2)3;2*1-2/h6H,2,5H2,1,3-4H3;2*1-2H3/b8-6-;;. The second-order valence-corrected chi connectivity index (χ2v) is 2.19. The van der Waals surface area contributed by atoms with Crippen LogP contribution in [0.4, 0.5) is 0 Å². The Morgan fingerprint density at radius 3 is 1.50 bits per heavy atom. The monoisotopic (exact) mass is 170 g/mol. The molecule has 0 saturated carbocycles. The van der Waals surface area contributed by atoms with Crippen molar-refractivity contribution >= 4 is 0 Å². The maximum Gasteiger partial charge on any atom is -0.0348 e. The molecule has 0 aromatic carbocycles. The molecule has 0 aliphatic rings. The second kappa shape index (κ2) is 16.8. The van der Waals surface area contributed by atoms with Gasteiger partial charge < -0.3 is 0 Å². The molecule has 0 fully saturated rings.